The van der Waals surface area contributed by atoms with Crippen molar-refractivity contribution in [1.82, 2.24) is 9.80 Å². The third-order valence-corrected chi connectivity index (χ3v) is 5.55. The Morgan fingerprint density at radius 1 is 1.15 bits per heavy atom. The van der Waals surface area contributed by atoms with Crippen LogP contribution in [0.4, 0.5) is 8.78 Å². The molecule has 0 aromatic heterocycles. The first kappa shape index (κ1) is 19.2. The molecule has 0 N–H and O–H groups in total. The van der Waals surface area contributed by atoms with E-state index in [0.717, 1.165) is 58.1 Å². The second-order valence-corrected chi connectivity index (χ2v) is 7.22. The molecule has 2 saturated heterocycles. The predicted octanol–water partition coefficient (Wildman–Crippen LogP) is 3.35. The maximum absolute atomic E-state index is 13.9. The Morgan fingerprint density at radius 3 is 2.46 bits per heavy atom. The number of carbonyl (C=O) groups is 1. The number of nitrogens with zero attached hydrogens (tertiary/aromatic N) is 2. The summed E-state index contributed by atoms with van der Waals surface area (Å²) < 4.78 is 32.7. The third kappa shape index (κ3) is 4.41. The van der Waals surface area contributed by atoms with E-state index in [4.69, 9.17) is 4.74 Å². The third-order valence-electron chi connectivity index (χ3n) is 5.55. The van der Waals surface area contributed by atoms with Crippen LogP contribution in [-0.2, 0) is 16.1 Å². The number of hydrogen-bond acceptors (Lipinski definition) is 3. The van der Waals surface area contributed by atoms with Gasteiger partial charge in [0.1, 0.15) is 0 Å². The molecular formula is C20H28F2N2O2. The van der Waals surface area contributed by atoms with E-state index >= 15 is 0 Å². The first-order valence-corrected chi connectivity index (χ1v) is 9.64. The summed E-state index contributed by atoms with van der Waals surface area (Å²) in [6.07, 6.45) is 4.08. The van der Waals surface area contributed by atoms with Crippen LogP contribution in [0.25, 0.3) is 0 Å². The van der Waals surface area contributed by atoms with Crippen LogP contribution < -0.4 is 0 Å². The first-order chi connectivity index (χ1) is 12.6. The van der Waals surface area contributed by atoms with E-state index in [1.54, 1.807) is 12.1 Å². The molecule has 1 aromatic rings. The number of ether oxygens (including phenoxy) is 1. The van der Waals surface area contributed by atoms with Crippen LogP contribution in [0.3, 0.4) is 0 Å². The number of hydrogen-bond donors (Lipinski definition) is 0. The zero-order valence-electron chi connectivity index (χ0n) is 15.4. The molecular weight excluding hydrogens is 338 g/mol. The normalized spacial score (nSPS) is 20.3. The van der Waals surface area contributed by atoms with Gasteiger partial charge in [0.15, 0.2) is 11.6 Å². The number of halogens is 2. The molecule has 0 atom stereocenters. The molecule has 2 fully saturated rings. The van der Waals surface area contributed by atoms with E-state index in [-0.39, 0.29) is 18.0 Å². The van der Waals surface area contributed by atoms with Crippen molar-refractivity contribution < 1.29 is 18.3 Å². The summed E-state index contributed by atoms with van der Waals surface area (Å²) in [6.45, 7) is 5.34. The lowest BCUT2D eigenvalue weighted by atomic mass is 9.97. The summed E-state index contributed by atoms with van der Waals surface area (Å²) in [5.74, 6) is -1.33. The molecule has 2 heterocycles. The van der Waals surface area contributed by atoms with Crippen LogP contribution in [0.2, 0.25) is 0 Å². The molecule has 0 bridgehead atoms. The smallest absolute Gasteiger partial charge is 0.222 e. The van der Waals surface area contributed by atoms with Crippen LogP contribution in [0.5, 0.6) is 0 Å². The fourth-order valence-corrected chi connectivity index (χ4v) is 4.12. The molecule has 6 heteroatoms. The fraction of sp³-hybridized carbons (Fsp3) is 0.650. The van der Waals surface area contributed by atoms with Gasteiger partial charge in [-0.15, -0.1) is 0 Å². The number of rotatable bonds is 5. The summed E-state index contributed by atoms with van der Waals surface area (Å²) in [7, 11) is 0. The molecule has 2 aliphatic heterocycles. The van der Waals surface area contributed by atoms with Crippen LogP contribution in [-0.4, -0.2) is 54.1 Å². The Balaban J connectivity index is 1.60. The first-order valence-electron chi connectivity index (χ1n) is 9.64. The highest BCUT2D eigenvalue weighted by atomic mass is 19.2. The number of amides is 1. The van der Waals surface area contributed by atoms with Gasteiger partial charge in [-0.05, 0) is 31.7 Å². The quantitative estimate of drug-likeness (QED) is 0.801. The lowest BCUT2D eigenvalue weighted by molar-refractivity contribution is -0.139. The maximum atomic E-state index is 13.9. The second kappa shape index (κ2) is 8.91. The summed E-state index contributed by atoms with van der Waals surface area (Å²) in [6, 6.07) is 4.84. The number of piperidine rings is 1. The van der Waals surface area contributed by atoms with E-state index < -0.39 is 11.6 Å². The second-order valence-electron chi connectivity index (χ2n) is 7.22. The van der Waals surface area contributed by atoms with Gasteiger partial charge in [0.05, 0.1) is 0 Å². The molecule has 1 aromatic carbocycles. The van der Waals surface area contributed by atoms with Gasteiger partial charge >= 0.3 is 0 Å². The van der Waals surface area contributed by atoms with Crippen LogP contribution in [0.1, 0.15) is 44.6 Å². The minimum atomic E-state index is -0.795. The molecule has 0 spiro atoms. The van der Waals surface area contributed by atoms with Gasteiger partial charge in [0, 0.05) is 56.9 Å². The van der Waals surface area contributed by atoms with Crippen LogP contribution >= 0.6 is 0 Å². The molecule has 3 rings (SSSR count). The van der Waals surface area contributed by atoms with E-state index in [2.05, 4.69) is 9.80 Å². The van der Waals surface area contributed by atoms with E-state index in [1.165, 1.54) is 0 Å². The minimum absolute atomic E-state index is 0.214. The molecule has 0 aliphatic carbocycles. The molecule has 2 aliphatic rings. The molecule has 0 saturated carbocycles. The molecule has 26 heavy (non-hydrogen) atoms. The van der Waals surface area contributed by atoms with Gasteiger partial charge in [0.2, 0.25) is 5.91 Å². The van der Waals surface area contributed by atoms with Crippen molar-refractivity contribution in [1.29, 1.82) is 0 Å². The van der Waals surface area contributed by atoms with Crippen LogP contribution in [0, 0.1) is 11.6 Å². The van der Waals surface area contributed by atoms with Gasteiger partial charge in [-0.3, -0.25) is 9.69 Å². The van der Waals surface area contributed by atoms with Crippen molar-refractivity contribution in [2.45, 2.75) is 57.7 Å². The highest BCUT2D eigenvalue weighted by Crippen LogP contribution is 2.26. The van der Waals surface area contributed by atoms with Gasteiger partial charge < -0.3 is 9.64 Å². The highest BCUT2D eigenvalue weighted by Gasteiger charge is 2.33. The standard InChI is InChI=1S/C20H28F2N2O2/c1-2-19(25)24(17-8-12-26-13-9-17)16-6-10-23(11-7-16)14-15-4-3-5-18(21)20(15)22/h3-5,16-17H,2,6-14H2,1H3. The maximum Gasteiger partial charge on any atom is 0.222 e. The van der Waals surface area contributed by atoms with Crippen molar-refractivity contribution in [3.8, 4) is 0 Å². The SMILES string of the molecule is CCC(=O)N(C1CCOCC1)C1CCN(Cc2cccc(F)c2F)CC1. The largest absolute Gasteiger partial charge is 0.381 e. The van der Waals surface area contributed by atoms with Crippen molar-refractivity contribution >= 4 is 5.91 Å². The lowest BCUT2D eigenvalue weighted by Gasteiger charge is -2.43. The highest BCUT2D eigenvalue weighted by molar-refractivity contribution is 5.76. The Bertz CT molecular complexity index is 612. The van der Waals surface area contributed by atoms with Gasteiger partial charge in [-0.2, -0.15) is 0 Å². The molecule has 4 nitrogen and oxygen atoms in total. The van der Waals surface area contributed by atoms with Crippen molar-refractivity contribution in [2.75, 3.05) is 26.3 Å². The van der Waals surface area contributed by atoms with Crippen molar-refractivity contribution in [3.63, 3.8) is 0 Å². The van der Waals surface area contributed by atoms with Gasteiger partial charge in [0.25, 0.3) is 0 Å². The minimum Gasteiger partial charge on any atom is -0.381 e. The van der Waals surface area contributed by atoms with Crippen molar-refractivity contribution in [2.24, 2.45) is 0 Å². The van der Waals surface area contributed by atoms with E-state index in [0.29, 0.717) is 18.5 Å². The van der Waals surface area contributed by atoms with Gasteiger partial charge in [-0.25, -0.2) is 8.78 Å². The monoisotopic (exact) mass is 366 g/mol. The van der Waals surface area contributed by atoms with E-state index in [9.17, 15) is 13.6 Å². The zero-order chi connectivity index (χ0) is 18.5. The topological polar surface area (TPSA) is 32.8 Å². The van der Waals surface area contributed by atoms with E-state index in [1.807, 2.05) is 6.92 Å². The molecule has 144 valence electrons. The zero-order valence-corrected chi connectivity index (χ0v) is 15.4. The Kier molecular flexibility index (Phi) is 6.59. The fourth-order valence-electron chi connectivity index (χ4n) is 4.12. The number of carbonyl (C=O) groups excluding carboxylic acids is 1. The van der Waals surface area contributed by atoms with Gasteiger partial charge in [-0.1, -0.05) is 19.1 Å². The molecule has 0 radical (unpaired) electrons. The average Bonchev–Trinajstić information content (AvgIpc) is 2.67. The Labute approximate surface area is 154 Å². The summed E-state index contributed by atoms with van der Waals surface area (Å²) >= 11 is 0. The Morgan fingerprint density at radius 2 is 1.81 bits per heavy atom. The predicted molar refractivity (Wildman–Crippen MR) is 95.6 cm³/mol. The number of benzene rings is 1. The van der Waals surface area contributed by atoms with Crippen molar-refractivity contribution in [3.05, 3.63) is 35.4 Å². The molecule has 0 unspecified atom stereocenters. The lowest BCUT2D eigenvalue weighted by Crippen LogP contribution is -2.52. The number of likely N-dealkylation sites (tertiary alicyclic amines) is 1. The summed E-state index contributed by atoms with van der Waals surface area (Å²) in [5, 5.41) is 0. The summed E-state index contributed by atoms with van der Waals surface area (Å²) in [4.78, 5) is 16.8. The summed E-state index contributed by atoms with van der Waals surface area (Å²) in [5.41, 5.74) is 0.398. The van der Waals surface area contributed by atoms with Crippen LogP contribution in [0.15, 0.2) is 18.2 Å². The molecule has 1 amide bonds. The Hall–Kier alpha value is -1.53. The average molecular weight is 366 g/mol.